The molecule has 2 aliphatic carbocycles. The molecular formula is C19H27N3O2. The number of nitrogens with zero attached hydrogens (tertiary/aromatic N) is 1. The zero-order chi connectivity index (χ0) is 17.3. The summed E-state index contributed by atoms with van der Waals surface area (Å²) in [5.41, 5.74) is 7.58. The molecule has 0 radical (unpaired) electrons. The number of carbonyl (C=O) groups is 2. The molecule has 5 nitrogen and oxygen atoms in total. The largest absolute Gasteiger partial charge is 0.345 e. The predicted octanol–water partition coefficient (Wildman–Crippen LogP) is 2.48. The Morgan fingerprint density at radius 1 is 1.17 bits per heavy atom. The Bertz CT molecular complexity index is 615. The summed E-state index contributed by atoms with van der Waals surface area (Å²) in [7, 11) is 3.44. The lowest BCUT2D eigenvalue weighted by atomic mass is 9.65. The molecule has 0 heterocycles. The van der Waals surface area contributed by atoms with Gasteiger partial charge in [-0.15, -0.1) is 0 Å². The molecule has 2 aliphatic rings. The lowest BCUT2D eigenvalue weighted by Gasteiger charge is -2.43. The van der Waals surface area contributed by atoms with Crippen LogP contribution in [0.1, 0.15) is 42.5 Å². The molecule has 0 saturated heterocycles. The third-order valence-electron chi connectivity index (χ3n) is 5.57. The molecule has 0 aliphatic heterocycles. The molecule has 130 valence electrons. The van der Waals surface area contributed by atoms with Gasteiger partial charge in [0.25, 0.3) is 5.91 Å². The number of nitrogens with two attached hydrogens (primary N) is 1. The van der Waals surface area contributed by atoms with Crippen LogP contribution in [0.4, 0.5) is 5.69 Å². The molecule has 1 aromatic rings. The van der Waals surface area contributed by atoms with Crippen LogP contribution >= 0.6 is 0 Å². The van der Waals surface area contributed by atoms with Gasteiger partial charge in [-0.05, 0) is 55.7 Å². The van der Waals surface area contributed by atoms with E-state index in [4.69, 9.17) is 5.73 Å². The van der Waals surface area contributed by atoms with Gasteiger partial charge < -0.3 is 16.0 Å². The zero-order valence-electron chi connectivity index (χ0n) is 14.5. The van der Waals surface area contributed by atoms with Crippen LogP contribution in [0.3, 0.4) is 0 Å². The number of benzene rings is 1. The first kappa shape index (κ1) is 17.0. The molecule has 3 rings (SSSR count). The van der Waals surface area contributed by atoms with Gasteiger partial charge in [-0.25, -0.2) is 0 Å². The van der Waals surface area contributed by atoms with Gasteiger partial charge in [-0.1, -0.05) is 12.5 Å². The van der Waals surface area contributed by atoms with Crippen LogP contribution in [0.25, 0.3) is 0 Å². The monoisotopic (exact) mass is 329 g/mol. The number of anilines is 1. The second kappa shape index (κ2) is 6.93. The number of nitrogens with one attached hydrogen (secondary N) is 1. The average Bonchev–Trinajstić information content (AvgIpc) is 2.54. The van der Waals surface area contributed by atoms with E-state index < -0.39 is 0 Å². The van der Waals surface area contributed by atoms with E-state index in [1.54, 1.807) is 32.3 Å². The minimum Gasteiger partial charge on any atom is -0.345 e. The molecule has 0 spiro atoms. The zero-order valence-corrected chi connectivity index (χ0v) is 14.5. The highest BCUT2D eigenvalue weighted by Crippen LogP contribution is 2.42. The molecule has 24 heavy (non-hydrogen) atoms. The number of fused-ring (bicyclic) bond motifs is 2. The molecule has 2 amide bonds. The molecule has 2 atom stereocenters. The maximum Gasteiger partial charge on any atom is 0.253 e. The molecule has 0 aromatic heterocycles. The van der Waals surface area contributed by atoms with Crippen molar-refractivity contribution >= 4 is 17.5 Å². The van der Waals surface area contributed by atoms with Crippen LogP contribution in [0.5, 0.6) is 0 Å². The third-order valence-corrected chi connectivity index (χ3v) is 5.57. The van der Waals surface area contributed by atoms with Gasteiger partial charge in [0, 0.05) is 37.3 Å². The maximum absolute atomic E-state index is 12.7. The van der Waals surface area contributed by atoms with Crippen LogP contribution < -0.4 is 11.1 Å². The summed E-state index contributed by atoms with van der Waals surface area (Å²) < 4.78 is 0. The fraction of sp³-hybridized carbons (Fsp3) is 0.579. The van der Waals surface area contributed by atoms with Crippen molar-refractivity contribution < 1.29 is 9.59 Å². The second-order valence-corrected chi connectivity index (χ2v) is 7.47. The highest BCUT2D eigenvalue weighted by atomic mass is 16.2. The number of rotatable bonds is 3. The molecule has 5 heteroatoms. The number of hydrogen-bond donors (Lipinski definition) is 2. The third kappa shape index (κ3) is 3.46. The summed E-state index contributed by atoms with van der Waals surface area (Å²) in [6.07, 6.45) is 5.31. The van der Waals surface area contributed by atoms with E-state index >= 15 is 0 Å². The van der Waals surface area contributed by atoms with Crippen LogP contribution in [0.15, 0.2) is 24.3 Å². The van der Waals surface area contributed by atoms with Gasteiger partial charge in [0.15, 0.2) is 0 Å². The molecule has 2 unspecified atom stereocenters. The lowest BCUT2D eigenvalue weighted by molar-refractivity contribution is -0.122. The van der Waals surface area contributed by atoms with Crippen LogP contribution in [-0.4, -0.2) is 36.9 Å². The molecule has 2 fully saturated rings. The fourth-order valence-corrected chi connectivity index (χ4v) is 4.24. The first-order chi connectivity index (χ1) is 11.5. The van der Waals surface area contributed by atoms with E-state index in [2.05, 4.69) is 5.32 Å². The Kier molecular flexibility index (Phi) is 4.90. The minimum atomic E-state index is -0.0655. The van der Waals surface area contributed by atoms with Crippen LogP contribution in [0, 0.1) is 17.8 Å². The smallest absolute Gasteiger partial charge is 0.253 e. The standard InChI is InChI=1S/C19H27N3O2/c1-22(2)19(24)14-7-4-8-16(11-14)21-18(23)15-9-12-5-3-6-13(10-15)17(12)20/h4,7-8,11-13,15,17H,3,5-6,9-10,20H2,1-2H3,(H,21,23). The summed E-state index contributed by atoms with van der Waals surface area (Å²) in [6, 6.07) is 7.42. The van der Waals surface area contributed by atoms with Gasteiger partial charge in [0.1, 0.15) is 0 Å². The quantitative estimate of drug-likeness (QED) is 0.894. The van der Waals surface area contributed by atoms with Crippen molar-refractivity contribution in [3.8, 4) is 0 Å². The molecular weight excluding hydrogens is 302 g/mol. The summed E-state index contributed by atoms with van der Waals surface area (Å²) in [4.78, 5) is 26.3. The highest BCUT2D eigenvalue weighted by Gasteiger charge is 2.40. The molecule has 2 bridgehead atoms. The van der Waals surface area contributed by atoms with Crippen molar-refractivity contribution in [3.05, 3.63) is 29.8 Å². The predicted molar refractivity (Wildman–Crippen MR) is 94.6 cm³/mol. The van der Waals surface area contributed by atoms with Crippen molar-refractivity contribution in [2.75, 3.05) is 19.4 Å². The van der Waals surface area contributed by atoms with E-state index in [9.17, 15) is 9.59 Å². The van der Waals surface area contributed by atoms with Gasteiger partial charge in [-0.3, -0.25) is 9.59 Å². The Morgan fingerprint density at radius 2 is 1.83 bits per heavy atom. The summed E-state index contributed by atoms with van der Waals surface area (Å²) >= 11 is 0. The van der Waals surface area contributed by atoms with E-state index in [0.29, 0.717) is 23.1 Å². The second-order valence-electron chi connectivity index (χ2n) is 7.47. The topological polar surface area (TPSA) is 75.4 Å². The fourth-order valence-electron chi connectivity index (χ4n) is 4.24. The van der Waals surface area contributed by atoms with E-state index in [0.717, 1.165) is 25.7 Å². The van der Waals surface area contributed by atoms with Crippen LogP contribution in [0.2, 0.25) is 0 Å². The molecule has 3 N–H and O–H groups in total. The van der Waals surface area contributed by atoms with Crippen molar-refractivity contribution in [2.24, 2.45) is 23.5 Å². The van der Waals surface area contributed by atoms with Crippen molar-refractivity contribution in [1.29, 1.82) is 0 Å². The Balaban J connectivity index is 1.67. The number of amides is 2. The first-order valence-electron chi connectivity index (χ1n) is 8.84. The van der Waals surface area contributed by atoms with Crippen LogP contribution in [-0.2, 0) is 4.79 Å². The summed E-state index contributed by atoms with van der Waals surface area (Å²) in [5.74, 6) is 0.996. The van der Waals surface area contributed by atoms with Gasteiger partial charge in [0.2, 0.25) is 5.91 Å². The summed E-state index contributed by atoms with van der Waals surface area (Å²) in [5, 5.41) is 3.00. The highest BCUT2D eigenvalue weighted by molar-refractivity contribution is 5.97. The van der Waals surface area contributed by atoms with E-state index in [1.165, 1.54) is 11.3 Å². The molecule has 1 aromatic carbocycles. The van der Waals surface area contributed by atoms with Gasteiger partial charge in [-0.2, -0.15) is 0 Å². The number of carbonyl (C=O) groups excluding carboxylic acids is 2. The first-order valence-corrected chi connectivity index (χ1v) is 8.84. The Hall–Kier alpha value is -1.88. The average molecular weight is 329 g/mol. The van der Waals surface area contributed by atoms with E-state index in [1.807, 2.05) is 6.07 Å². The van der Waals surface area contributed by atoms with Gasteiger partial charge >= 0.3 is 0 Å². The van der Waals surface area contributed by atoms with Crippen molar-refractivity contribution in [2.45, 2.75) is 38.1 Å². The minimum absolute atomic E-state index is 0.0355. The maximum atomic E-state index is 12.7. The molecule has 2 saturated carbocycles. The van der Waals surface area contributed by atoms with Gasteiger partial charge in [0.05, 0.1) is 0 Å². The normalized spacial score (nSPS) is 29.0. The Labute approximate surface area is 143 Å². The van der Waals surface area contributed by atoms with Crippen molar-refractivity contribution in [3.63, 3.8) is 0 Å². The number of hydrogen-bond acceptors (Lipinski definition) is 3. The lowest BCUT2D eigenvalue weighted by Crippen LogP contribution is -2.48. The van der Waals surface area contributed by atoms with Crippen molar-refractivity contribution in [1.82, 2.24) is 4.90 Å². The SMILES string of the molecule is CN(C)C(=O)c1cccc(NC(=O)C2CC3CCCC(C2)C3N)c1. The Morgan fingerprint density at radius 3 is 2.46 bits per heavy atom. The van der Waals surface area contributed by atoms with E-state index in [-0.39, 0.29) is 23.8 Å². The summed E-state index contributed by atoms with van der Waals surface area (Å²) in [6.45, 7) is 0.